The molecule has 6 aromatic rings. The maximum Gasteiger partial charge on any atom is 0.259 e. The standard InChI is InChI=1S/C25H16N4O3S/c1-14-9-10-17-20(12-14)33-25(27-17)28-23(30)16-13-18(19-8-5-11-31-19)26-24-21(16)22(29-32-24)15-6-3-2-4-7-15/h2-13H,1H3,(H,27,28,30). The molecule has 33 heavy (non-hydrogen) atoms. The number of furan rings is 1. The van der Waals surface area contributed by atoms with E-state index in [9.17, 15) is 4.79 Å². The first-order chi connectivity index (χ1) is 16.2. The Hall–Kier alpha value is -4.30. The third-order valence-corrected chi connectivity index (χ3v) is 6.21. The molecule has 2 aromatic carbocycles. The smallest absolute Gasteiger partial charge is 0.259 e. The summed E-state index contributed by atoms with van der Waals surface area (Å²) in [5.74, 6) is 0.199. The third-order valence-electron chi connectivity index (χ3n) is 5.28. The van der Waals surface area contributed by atoms with Gasteiger partial charge in [0.15, 0.2) is 10.9 Å². The number of fused-ring (bicyclic) bond motifs is 2. The molecule has 0 radical (unpaired) electrons. The van der Waals surface area contributed by atoms with Crippen molar-refractivity contribution in [3.8, 4) is 22.7 Å². The van der Waals surface area contributed by atoms with Gasteiger partial charge in [-0.1, -0.05) is 52.9 Å². The number of thiazole rings is 1. The fourth-order valence-corrected chi connectivity index (χ4v) is 4.68. The molecular formula is C25H16N4O3S. The van der Waals surface area contributed by atoms with Gasteiger partial charge < -0.3 is 8.94 Å². The summed E-state index contributed by atoms with van der Waals surface area (Å²) in [5.41, 5.74) is 4.47. The largest absolute Gasteiger partial charge is 0.463 e. The van der Waals surface area contributed by atoms with Crippen LogP contribution in [0.5, 0.6) is 0 Å². The highest BCUT2D eigenvalue weighted by Crippen LogP contribution is 2.34. The van der Waals surface area contributed by atoms with Crippen LogP contribution in [0.2, 0.25) is 0 Å². The van der Waals surface area contributed by atoms with Crippen LogP contribution in [0.3, 0.4) is 0 Å². The molecule has 0 saturated carbocycles. The first-order valence-electron chi connectivity index (χ1n) is 10.2. The molecule has 1 amide bonds. The van der Waals surface area contributed by atoms with Crippen molar-refractivity contribution in [2.24, 2.45) is 0 Å². The number of pyridine rings is 1. The summed E-state index contributed by atoms with van der Waals surface area (Å²) in [4.78, 5) is 22.6. The van der Waals surface area contributed by atoms with Crippen LogP contribution < -0.4 is 5.32 Å². The van der Waals surface area contributed by atoms with E-state index in [2.05, 4.69) is 26.5 Å². The van der Waals surface area contributed by atoms with Crippen LogP contribution in [-0.4, -0.2) is 21.0 Å². The van der Waals surface area contributed by atoms with Crippen molar-refractivity contribution in [3.05, 3.63) is 84.1 Å². The summed E-state index contributed by atoms with van der Waals surface area (Å²) >= 11 is 1.43. The van der Waals surface area contributed by atoms with Crippen LogP contribution in [0.15, 0.2) is 81.9 Å². The number of carbonyl (C=O) groups excluding carboxylic acids is 1. The first kappa shape index (κ1) is 19.4. The number of carbonyl (C=O) groups is 1. The fourth-order valence-electron chi connectivity index (χ4n) is 3.72. The normalized spacial score (nSPS) is 11.3. The molecule has 1 N–H and O–H groups in total. The maximum absolute atomic E-state index is 13.5. The van der Waals surface area contributed by atoms with Gasteiger partial charge in [-0.3, -0.25) is 10.1 Å². The van der Waals surface area contributed by atoms with Crippen molar-refractivity contribution in [1.29, 1.82) is 0 Å². The van der Waals surface area contributed by atoms with Gasteiger partial charge in [-0.05, 0) is 42.8 Å². The van der Waals surface area contributed by atoms with Gasteiger partial charge in [-0.25, -0.2) is 9.97 Å². The van der Waals surface area contributed by atoms with Gasteiger partial charge in [0.25, 0.3) is 11.6 Å². The van der Waals surface area contributed by atoms with Gasteiger partial charge in [0.05, 0.1) is 27.4 Å². The SMILES string of the molecule is Cc1ccc2nc(NC(=O)c3cc(-c4ccco4)nc4onc(-c5ccccc5)c34)sc2c1. The fraction of sp³-hybridized carbons (Fsp3) is 0.0400. The number of aromatic nitrogens is 3. The number of nitrogens with one attached hydrogen (secondary N) is 1. The Labute approximate surface area is 191 Å². The van der Waals surface area contributed by atoms with Crippen LogP contribution in [0, 0.1) is 6.92 Å². The molecule has 160 valence electrons. The van der Waals surface area contributed by atoms with E-state index in [4.69, 9.17) is 8.94 Å². The molecule has 0 atom stereocenters. The van der Waals surface area contributed by atoms with E-state index in [1.54, 1.807) is 24.5 Å². The lowest BCUT2D eigenvalue weighted by molar-refractivity contribution is 0.102. The Morgan fingerprint density at radius 2 is 1.88 bits per heavy atom. The zero-order valence-corrected chi connectivity index (χ0v) is 18.2. The number of hydrogen-bond donors (Lipinski definition) is 1. The zero-order chi connectivity index (χ0) is 22.4. The summed E-state index contributed by atoms with van der Waals surface area (Å²) in [5, 5.41) is 8.21. The summed E-state index contributed by atoms with van der Waals surface area (Å²) in [7, 11) is 0. The monoisotopic (exact) mass is 452 g/mol. The van der Waals surface area contributed by atoms with E-state index in [0.717, 1.165) is 21.3 Å². The van der Waals surface area contributed by atoms with E-state index in [0.29, 0.717) is 33.2 Å². The van der Waals surface area contributed by atoms with Crippen LogP contribution in [0.25, 0.3) is 44.0 Å². The molecule has 0 aliphatic carbocycles. The van der Waals surface area contributed by atoms with Gasteiger partial charge in [0.2, 0.25) is 0 Å². The van der Waals surface area contributed by atoms with Crippen LogP contribution in [-0.2, 0) is 0 Å². The van der Waals surface area contributed by atoms with E-state index >= 15 is 0 Å². The minimum atomic E-state index is -0.327. The van der Waals surface area contributed by atoms with Crippen molar-refractivity contribution < 1.29 is 13.7 Å². The average molecular weight is 452 g/mol. The zero-order valence-electron chi connectivity index (χ0n) is 17.4. The van der Waals surface area contributed by atoms with Crippen molar-refractivity contribution in [3.63, 3.8) is 0 Å². The molecular weight excluding hydrogens is 436 g/mol. The Morgan fingerprint density at radius 1 is 1.00 bits per heavy atom. The molecule has 0 unspecified atom stereocenters. The van der Waals surface area contributed by atoms with Gasteiger partial charge in [-0.2, -0.15) is 0 Å². The van der Waals surface area contributed by atoms with E-state index in [-0.39, 0.29) is 11.6 Å². The summed E-state index contributed by atoms with van der Waals surface area (Å²) in [6, 6.07) is 20.8. The van der Waals surface area contributed by atoms with Crippen molar-refractivity contribution in [2.75, 3.05) is 5.32 Å². The predicted octanol–water partition coefficient (Wildman–Crippen LogP) is 6.32. The number of anilines is 1. The number of hydrogen-bond acceptors (Lipinski definition) is 7. The van der Waals surface area contributed by atoms with Crippen molar-refractivity contribution in [2.45, 2.75) is 6.92 Å². The highest BCUT2D eigenvalue weighted by molar-refractivity contribution is 7.22. The molecule has 7 nitrogen and oxygen atoms in total. The van der Waals surface area contributed by atoms with Gasteiger partial charge in [0, 0.05) is 5.56 Å². The lowest BCUT2D eigenvalue weighted by atomic mass is 10.0. The number of amides is 1. The molecule has 0 bridgehead atoms. The second-order valence-electron chi connectivity index (χ2n) is 7.55. The quantitative estimate of drug-likeness (QED) is 0.336. The molecule has 0 aliphatic heterocycles. The first-order valence-corrected chi connectivity index (χ1v) is 11.1. The highest BCUT2D eigenvalue weighted by atomic mass is 32.1. The number of nitrogens with zero attached hydrogens (tertiary/aromatic N) is 3. The molecule has 8 heteroatoms. The summed E-state index contributed by atoms with van der Waals surface area (Å²) in [6.07, 6.45) is 1.56. The third kappa shape index (κ3) is 3.46. The van der Waals surface area contributed by atoms with Gasteiger partial charge >= 0.3 is 0 Å². The second-order valence-corrected chi connectivity index (χ2v) is 8.58. The molecule has 0 saturated heterocycles. The Morgan fingerprint density at radius 3 is 2.70 bits per heavy atom. The average Bonchev–Trinajstić information content (AvgIpc) is 3.58. The van der Waals surface area contributed by atoms with E-state index in [1.807, 2.05) is 49.4 Å². The molecule has 6 rings (SSSR count). The van der Waals surface area contributed by atoms with Gasteiger partial charge in [-0.15, -0.1) is 0 Å². The number of rotatable bonds is 4. The van der Waals surface area contributed by atoms with E-state index < -0.39 is 0 Å². The minimum absolute atomic E-state index is 0.257. The van der Waals surface area contributed by atoms with Crippen molar-refractivity contribution >= 4 is 43.7 Å². The minimum Gasteiger partial charge on any atom is -0.463 e. The topological polar surface area (TPSA) is 94.1 Å². The molecule has 0 aliphatic rings. The number of aryl methyl sites for hydroxylation is 1. The lowest BCUT2D eigenvalue weighted by Crippen LogP contribution is -2.13. The van der Waals surface area contributed by atoms with Crippen LogP contribution in [0.1, 0.15) is 15.9 Å². The Kier molecular flexibility index (Phi) is 4.51. The van der Waals surface area contributed by atoms with Crippen LogP contribution >= 0.6 is 11.3 Å². The molecule has 4 aromatic heterocycles. The molecule has 0 spiro atoms. The maximum atomic E-state index is 13.5. The van der Waals surface area contributed by atoms with Gasteiger partial charge in [0.1, 0.15) is 11.4 Å². The Balaban J connectivity index is 1.49. The predicted molar refractivity (Wildman–Crippen MR) is 127 cm³/mol. The van der Waals surface area contributed by atoms with Crippen LogP contribution in [0.4, 0.5) is 5.13 Å². The summed E-state index contributed by atoms with van der Waals surface area (Å²) in [6.45, 7) is 2.03. The lowest BCUT2D eigenvalue weighted by Gasteiger charge is -2.06. The Bertz CT molecular complexity index is 1620. The number of benzene rings is 2. The highest BCUT2D eigenvalue weighted by Gasteiger charge is 2.23. The molecule has 4 heterocycles. The summed E-state index contributed by atoms with van der Waals surface area (Å²) < 4.78 is 12.1. The molecule has 0 fully saturated rings. The second kappa shape index (κ2) is 7.68. The van der Waals surface area contributed by atoms with Crippen molar-refractivity contribution in [1.82, 2.24) is 15.1 Å². The van der Waals surface area contributed by atoms with E-state index in [1.165, 1.54) is 11.3 Å².